The summed E-state index contributed by atoms with van der Waals surface area (Å²) < 4.78 is 28.4. The minimum atomic E-state index is -3.35. The second-order valence-corrected chi connectivity index (χ2v) is 11.8. The number of sulfonamides is 1. The van der Waals surface area contributed by atoms with Crippen LogP contribution in [-0.4, -0.2) is 45.8 Å². The number of anilines is 2. The molecule has 202 valence electrons. The van der Waals surface area contributed by atoms with Crippen molar-refractivity contribution in [2.24, 2.45) is 0 Å². The molecule has 0 radical (unpaired) electrons. The van der Waals surface area contributed by atoms with Crippen molar-refractivity contribution in [3.63, 3.8) is 0 Å². The van der Waals surface area contributed by atoms with Crippen LogP contribution in [0.1, 0.15) is 47.3 Å². The lowest BCUT2D eigenvalue weighted by Gasteiger charge is -2.14. The Labute approximate surface area is 225 Å². The first kappa shape index (κ1) is 26.5. The molecular weight excluding hydrogens is 518 g/mol. The van der Waals surface area contributed by atoms with E-state index in [1.807, 2.05) is 30.3 Å². The fourth-order valence-electron chi connectivity index (χ4n) is 4.78. The minimum Gasteiger partial charge on any atom is -0.477 e. The van der Waals surface area contributed by atoms with Gasteiger partial charge in [-0.25, -0.2) is 22.9 Å². The summed E-state index contributed by atoms with van der Waals surface area (Å²) in [6.07, 6.45) is 6.06. The number of rotatable bonds is 9. The molecule has 1 aliphatic carbocycles. The van der Waals surface area contributed by atoms with Crippen LogP contribution in [0.15, 0.2) is 59.7 Å². The highest BCUT2D eigenvalue weighted by Crippen LogP contribution is 2.26. The Hall–Kier alpha value is -4.09. The second kappa shape index (κ2) is 10.6. The van der Waals surface area contributed by atoms with Crippen LogP contribution in [0.3, 0.4) is 0 Å². The van der Waals surface area contributed by atoms with E-state index in [2.05, 4.69) is 20.0 Å². The second-order valence-electron chi connectivity index (χ2n) is 9.95. The fourth-order valence-corrected chi connectivity index (χ4v) is 6.12. The molecule has 0 unspecified atom stereocenters. The number of fused-ring (bicyclic) bond motifs is 2. The molecule has 4 aromatic rings. The van der Waals surface area contributed by atoms with E-state index < -0.39 is 21.4 Å². The molecule has 2 aromatic heterocycles. The van der Waals surface area contributed by atoms with Crippen molar-refractivity contribution >= 4 is 38.7 Å². The lowest BCUT2D eigenvalue weighted by molar-refractivity contribution is 0.0695. The van der Waals surface area contributed by atoms with Crippen LogP contribution < -0.4 is 15.5 Å². The van der Waals surface area contributed by atoms with Gasteiger partial charge in [-0.05, 0) is 80.5 Å². The van der Waals surface area contributed by atoms with Gasteiger partial charge in [0, 0.05) is 29.8 Å². The summed E-state index contributed by atoms with van der Waals surface area (Å²) in [5.74, 6) is -1.09. The number of nitrogens with zero attached hydrogens (tertiary/aromatic N) is 3. The van der Waals surface area contributed by atoms with E-state index in [1.165, 1.54) is 23.5 Å². The number of aryl methyl sites for hydroxylation is 3. The van der Waals surface area contributed by atoms with Crippen molar-refractivity contribution in [3.05, 3.63) is 87.3 Å². The number of benzene rings is 2. The van der Waals surface area contributed by atoms with Gasteiger partial charge in [-0.15, -0.1) is 0 Å². The van der Waals surface area contributed by atoms with Gasteiger partial charge in [-0.2, -0.15) is 4.98 Å². The summed E-state index contributed by atoms with van der Waals surface area (Å²) in [7, 11) is -3.35. The first-order chi connectivity index (χ1) is 18.6. The molecule has 0 fully saturated rings. The molecular formula is C28H29N5O5S. The van der Waals surface area contributed by atoms with E-state index >= 15 is 0 Å². The van der Waals surface area contributed by atoms with Crippen LogP contribution >= 0.6 is 0 Å². The molecule has 5 rings (SSSR count). The van der Waals surface area contributed by atoms with E-state index in [9.17, 15) is 23.1 Å². The third kappa shape index (κ3) is 5.84. The first-order valence-electron chi connectivity index (χ1n) is 12.7. The largest absolute Gasteiger partial charge is 0.477 e. The Morgan fingerprint density at radius 1 is 1.10 bits per heavy atom. The van der Waals surface area contributed by atoms with Gasteiger partial charge in [0.15, 0.2) is 5.65 Å². The molecule has 0 saturated carbocycles. The molecule has 0 bridgehead atoms. The zero-order valence-corrected chi connectivity index (χ0v) is 22.5. The van der Waals surface area contributed by atoms with Gasteiger partial charge in [0.1, 0.15) is 5.56 Å². The Morgan fingerprint density at radius 3 is 2.56 bits per heavy atom. The predicted octanol–water partition coefficient (Wildman–Crippen LogP) is 3.58. The van der Waals surface area contributed by atoms with Crippen molar-refractivity contribution in [2.75, 3.05) is 11.1 Å². The number of hydrogen-bond donors (Lipinski definition) is 3. The third-order valence-electron chi connectivity index (χ3n) is 6.62. The lowest BCUT2D eigenvalue weighted by Crippen LogP contribution is -2.32. The average Bonchev–Trinajstić information content (AvgIpc) is 3.36. The van der Waals surface area contributed by atoms with Gasteiger partial charge < -0.3 is 15.0 Å². The monoisotopic (exact) mass is 547 g/mol. The highest BCUT2D eigenvalue weighted by Gasteiger charge is 2.19. The molecule has 0 spiro atoms. The van der Waals surface area contributed by atoms with Gasteiger partial charge in [0.05, 0.1) is 11.1 Å². The molecule has 0 atom stereocenters. The summed E-state index contributed by atoms with van der Waals surface area (Å²) in [6, 6.07) is 13.1. The molecule has 1 aliphatic rings. The van der Waals surface area contributed by atoms with Crippen LogP contribution in [0, 0.1) is 0 Å². The maximum absolute atomic E-state index is 12.9. The van der Waals surface area contributed by atoms with Gasteiger partial charge in [-0.3, -0.25) is 4.79 Å². The van der Waals surface area contributed by atoms with E-state index in [4.69, 9.17) is 0 Å². The van der Waals surface area contributed by atoms with Crippen molar-refractivity contribution < 1.29 is 18.3 Å². The molecule has 11 heteroatoms. The number of carboxylic acids is 1. The van der Waals surface area contributed by atoms with Gasteiger partial charge in [-0.1, -0.05) is 18.2 Å². The summed E-state index contributed by atoms with van der Waals surface area (Å²) in [5, 5.41) is 12.9. The Balaban J connectivity index is 1.45. The highest BCUT2D eigenvalue weighted by molar-refractivity contribution is 7.89. The summed E-state index contributed by atoms with van der Waals surface area (Å²) in [5.41, 5.74) is 4.03. The summed E-state index contributed by atoms with van der Waals surface area (Å²) in [4.78, 5) is 33.6. The van der Waals surface area contributed by atoms with E-state index in [0.29, 0.717) is 17.8 Å². The highest BCUT2D eigenvalue weighted by atomic mass is 32.2. The SMILES string of the molecule is CC(C)NS(=O)(=O)CCc1ccc(Nc2ncc3c(=O)c(C(=O)O)cn(-c4ccc5c(c4)CCC5)c3n2)cc1. The number of hydrogen-bond acceptors (Lipinski definition) is 7. The molecule has 2 heterocycles. The number of pyridine rings is 1. The topological polar surface area (TPSA) is 143 Å². The van der Waals surface area contributed by atoms with Crippen molar-refractivity contribution in [3.8, 4) is 5.69 Å². The Kier molecular flexibility index (Phi) is 7.19. The third-order valence-corrected chi connectivity index (χ3v) is 8.19. The predicted molar refractivity (Wildman–Crippen MR) is 150 cm³/mol. The van der Waals surface area contributed by atoms with Gasteiger partial charge >= 0.3 is 5.97 Å². The zero-order chi connectivity index (χ0) is 27.7. The quantitative estimate of drug-likeness (QED) is 0.289. The van der Waals surface area contributed by atoms with Crippen LogP contribution in [-0.2, 0) is 29.3 Å². The average molecular weight is 548 g/mol. The van der Waals surface area contributed by atoms with Gasteiger partial charge in [0.25, 0.3) is 0 Å². The number of nitrogens with one attached hydrogen (secondary N) is 2. The molecule has 3 N–H and O–H groups in total. The zero-order valence-electron chi connectivity index (χ0n) is 21.6. The Morgan fingerprint density at radius 2 is 1.85 bits per heavy atom. The molecule has 0 amide bonds. The van der Waals surface area contributed by atoms with Crippen molar-refractivity contribution in [2.45, 2.75) is 45.6 Å². The molecule has 2 aromatic carbocycles. The Bertz CT molecular complexity index is 1730. The van der Waals surface area contributed by atoms with Crippen molar-refractivity contribution in [1.29, 1.82) is 0 Å². The number of aromatic nitrogens is 3. The maximum Gasteiger partial charge on any atom is 0.341 e. The summed E-state index contributed by atoms with van der Waals surface area (Å²) in [6.45, 7) is 3.56. The van der Waals surface area contributed by atoms with Crippen LogP contribution in [0.5, 0.6) is 0 Å². The van der Waals surface area contributed by atoms with Crippen molar-refractivity contribution in [1.82, 2.24) is 19.3 Å². The molecule has 0 aliphatic heterocycles. The van der Waals surface area contributed by atoms with E-state index in [-0.39, 0.29) is 28.7 Å². The van der Waals surface area contributed by atoms with Crippen LogP contribution in [0.25, 0.3) is 16.7 Å². The minimum absolute atomic E-state index is 0.00963. The number of carboxylic acid groups (broad SMARTS) is 1. The molecule has 0 saturated heterocycles. The standard InChI is InChI=1S/C28H29N5O5S/c1-17(2)32-39(37,38)13-12-18-6-9-21(10-7-18)30-28-29-15-23-25(34)24(27(35)36)16-33(26(23)31-28)22-11-8-19-4-3-5-20(19)14-22/h6-11,14-17,32H,3-5,12-13H2,1-2H3,(H,35,36)(H,29,30,31). The first-order valence-corrected chi connectivity index (χ1v) is 14.4. The fraction of sp³-hybridized carbons (Fsp3) is 0.286. The number of carbonyl (C=O) groups is 1. The smallest absolute Gasteiger partial charge is 0.341 e. The van der Waals surface area contributed by atoms with Gasteiger partial charge in [0.2, 0.25) is 21.4 Å². The normalized spacial score (nSPS) is 13.1. The van der Waals surface area contributed by atoms with E-state index in [0.717, 1.165) is 30.5 Å². The van der Waals surface area contributed by atoms with Crippen LogP contribution in [0.4, 0.5) is 11.6 Å². The lowest BCUT2D eigenvalue weighted by atomic mass is 10.1. The molecule has 39 heavy (non-hydrogen) atoms. The van der Waals surface area contributed by atoms with Crippen LogP contribution in [0.2, 0.25) is 0 Å². The molecule has 10 nitrogen and oxygen atoms in total. The number of aromatic carboxylic acids is 1. The maximum atomic E-state index is 12.9. The summed E-state index contributed by atoms with van der Waals surface area (Å²) >= 11 is 0. The van der Waals surface area contributed by atoms with E-state index in [1.54, 1.807) is 30.5 Å².